The molecule has 5 nitrogen and oxygen atoms in total. The van der Waals surface area contributed by atoms with E-state index in [1.165, 1.54) is 0 Å². The van der Waals surface area contributed by atoms with Crippen LogP contribution in [0.1, 0.15) is 26.3 Å². The largest absolute Gasteiger partial charge is 0.478 e. The van der Waals surface area contributed by atoms with Crippen molar-refractivity contribution >= 4 is 5.91 Å². The number of aryl methyl sites for hydroxylation is 1. The fourth-order valence-electron chi connectivity index (χ4n) is 2.34. The van der Waals surface area contributed by atoms with Gasteiger partial charge in [0.15, 0.2) is 5.60 Å². The standard InChI is InChI=1S/C17H25NO4/c1-5-21-15-11-20-10-14(15)18-16(19)17(3,4)22-13-8-6-12(2)7-9-13/h6-9,14-15H,5,10-11H2,1-4H3,(H,18,19)/t14-,15-/m1/s1. The minimum Gasteiger partial charge on any atom is -0.478 e. The Hall–Kier alpha value is -1.59. The van der Waals surface area contributed by atoms with E-state index in [0.717, 1.165) is 5.56 Å². The Bertz CT molecular complexity index is 498. The number of amides is 1. The molecule has 0 radical (unpaired) electrons. The molecule has 2 rings (SSSR count). The van der Waals surface area contributed by atoms with Gasteiger partial charge in [-0.15, -0.1) is 0 Å². The summed E-state index contributed by atoms with van der Waals surface area (Å²) in [6.07, 6.45) is -0.0934. The molecule has 22 heavy (non-hydrogen) atoms. The van der Waals surface area contributed by atoms with Gasteiger partial charge in [0.2, 0.25) is 0 Å². The third kappa shape index (κ3) is 4.21. The lowest BCUT2D eigenvalue weighted by atomic mass is 10.1. The van der Waals surface area contributed by atoms with Crippen LogP contribution in [-0.4, -0.2) is 43.5 Å². The van der Waals surface area contributed by atoms with Crippen molar-refractivity contribution < 1.29 is 19.0 Å². The van der Waals surface area contributed by atoms with Crippen LogP contribution in [0.25, 0.3) is 0 Å². The molecule has 1 fully saturated rings. The number of carbonyl (C=O) groups excluding carboxylic acids is 1. The summed E-state index contributed by atoms with van der Waals surface area (Å²) in [6.45, 7) is 9.04. The second kappa shape index (κ2) is 7.11. The second-order valence-electron chi connectivity index (χ2n) is 6.04. The van der Waals surface area contributed by atoms with E-state index in [9.17, 15) is 4.79 Å². The van der Waals surface area contributed by atoms with E-state index < -0.39 is 5.60 Å². The maximum absolute atomic E-state index is 12.5. The molecule has 122 valence electrons. The summed E-state index contributed by atoms with van der Waals surface area (Å²) in [5, 5.41) is 2.97. The first kappa shape index (κ1) is 16.8. The Morgan fingerprint density at radius 1 is 1.32 bits per heavy atom. The van der Waals surface area contributed by atoms with E-state index in [0.29, 0.717) is 25.6 Å². The predicted octanol–water partition coefficient (Wildman–Crippen LogP) is 2.07. The van der Waals surface area contributed by atoms with Gasteiger partial charge >= 0.3 is 0 Å². The van der Waals surface area contributed by atoms with Crippen molar-refractivity contribution in [2.75, 3.05) is 19.8 Å². The molecule has 5 heteroatoms. The summed E-state index contributed by atoms with van der Waals surface area (Å²) in [5.41, 5.74) is 0.187. The molecule has 1 aromatic rings. The molecular formula is C17H25NO4. The van der Waals surface area contributed by atoms with Crippen LogP contribution < -0.4 is 10.1 Å². The van der Waals surface area contributed by atoms with Gasteiger partial charge in [-0.3, -0.25) is 4.79 Å². The maximum Gasteiger partial charge on any atom is 0.263 e. The van der Waals surface area contributed by atoms with Crippen LogP contribution in [0.15, 0.2) is 24.3 Å². The summed E-state index contributed by atoms with van der Waals surface area (Å²) in [6, 6.07) is 7.52. The first-order valence-corrected chi connectivity index (χ1v) is 7.68. The highest BCUT2D eigenvalue weighted by Gasteiger charge is 2.36. The molecule has 1 saturated heterocycles. The van der Waals surface area contributed by atoms with Crippen LogP contribution in [-0.2, 0) is 14.3 Å². The van der Waals surface area contributed by atoms with E-state index in [4.69, 9.17) is 14.2 Å². The lowest BCUT2D eigenvalue weighted by Gasteiger charge is -2.28. The van der Waals surface area contributed by atoms with Gasteiger partial charge in [-0.1, -0.05) is 17.7 Å². The fourth-order valence-corrected chi connectivity index (χ4v) is 2.34. The van der Waals surface area contributed by atoms with Crippen molar-refractivity contribution in [2.24, 2.45) is 0 Å². The quantitative estimate of drug-likeness (QED) is 0.874. The summed E-state index contributed by atoms with van der Waals surface area (Å²) in [7, 11) is 0. The topological polar surface area (TPSA) is 56.8 Å². The second-order valence-corrected chi connectivity index (χ2v) is 6.04. The summed E-state index contributed by atoms with van der Waals surface area (Å²) in [5.74, 6) is 0.503. The zero-order valence-electron chi connectivity index (χ0n) is 13.7. The maximum atomic E-state index is 12.5. The SMILES string of the molecule is CCO[C@@H]1COC[C@H]1NC(=O)C(C)(C)Oc1ccc(C)cc1. The predicted molar refractivity (Wildman–Crippen MR) is 84.0 cm³/mol. The number of carbonyl (C=O) groups is 1. The van der Waals surface area contributed by atoms with Crippen LogP contribution in [0.5, 0.6) is 5.75 Å². The molecule has 1 aliphatic heterocycles. The minimum absolute atomic E-state index is 0.0934. The van der Waals surface area contributed by atoms with Gasteiger partial charge in [0, 0.05) is 6.61 Å². The molecule has 0 aromatic heterocycles. The molecule has 1 heterocycles. The first-order chi connectivity index (χ1) is 10.4. The van der Waals surface area contributed by atoms with Gasteiger partial charge < -0.3 is 19.5 Å². The zero-order chi connectivity index (χ0) is 16.2. The van der Waals surface area contributed by atoms with Crippen LogP contribution in [0.2, 0.25) is 0 Å². The third-order valence-electron chi connectivity index (χ3n) is 3.67. The Morgan fingerprint density at radius 3 is 2.64 bits per heavy atom. The van der Waals surface area contributed by atoms with Crippen molar-refractivity contribution in [3.8, 4) is 5.75 Å². The van der Waals surface area contributed by atoms with Gasteiger partial charge in [0.1, 0.15) is 11.9 Å². The van der Waals surface area contributed by atoms with E-state index in [2.05, 4.69) is 5.32 Å². The number of hydrogen-bond acceptors (Lipinski definition) is 4. The molecule has 0 aliphatic carbocycles. The Balaban J connectivity index is 1.96. The number of nitrogens with one attached hydrogen (secondary N) is 1. The van der Waals surface area contributed by atoms with E-state index in [1.54, 1.807) is 13.8 Å². The molecule has 0 spiro atoms. The Morgan fingerprint density at radius 2 is 2.00 bits per heavy atom. The number of hydrogen-bond donors (Lipinski definition) is 1. The van der Waals surface area contributed by atoms with Crippen LogP contribution in [0.3, 0.4) is 0 Å². The number of rotatable bonds is 6. The van der Waals surface area contributed by atoms with Crippen LogP contribution >= 0.6 is 0 Å². The van der Waals surface area contributed by atoms with Crippen molar-refractivity contribution in [1.29, 1.82) is 0 Å². The molecule has 0 unspecified atom stereocenters. The third-order valence-corrected chi connectivity index (χ3v) is 3.67. The van der Waals surface area contributed by atoms with Crippen molar-refractivity contribution in [1.82, 2.24) is 5.32 Å². The molecule has 1 aromatic carbocycles. The normalized spacial score (nSPS) is 21.6. The average Bonchev–Trinajstić information content (AvgIpc) is 2.89. The monoisotopic (exact) mass is 307 g/mol. The lowest BCUT2D eigenvalue weighted by molar-refractivity contribution is -0.135. The molecule has 0 saturated carbocycles. The van der Waals surface area contributed by atoms with Crippen LogP contribution in [0, 0.1) is 6.92 Å². The smallest absolute Gasteiger partial charge is 0.263 e. The van der Waals surface area contributed by atoms with E-state index in [1.807, 2.05) is 38.1 Å². The number of benzene rings is 1. The Labute approximate surface area is 131 Å². The highest BCUT2D eigenvalue weighted by Crippen LogP contribution is 2.20. The fraction of sp³-hybridized carbons (Fsp3) is 0.588. The molecule has 1 N–H and O–H groups in total. The van der Waals surface area contributed by atoms with Gasteiger partial charge in [-0.2, -0.15) is 0 Å². The highest BCUT2D eigenvalue weighted by atomic mass is 16.5. The molecule has 1 amide bonds. The van der Waals surface area contributed by atoms with Gasteiger partial charge in [0.25, 0.3) is 5.91 Å². The zero-order valence-corrected chi connectivity index (χ0v) is 13.7. The van der Waals surface area contributed by atoms with E-state index >= 15 is 0 Å². The van der Waals surface area contributed by atoms with Crippen molar-refractivity contribution in [3.05, 3.63) is 29.8 Å². The molecular weight excluding hydrogens is 282 g/mol. The van der Waals surface area contributed by atoms with Crippen molar-refractivity contribution in [2.45, 2.75) is 45.4 Å². The van der Waals surface area contributed by atoms with Gasteiger partial charge in [-0.25, -0.2) is 0 Å². The van der Waals surface area contributed by atoms with Gasteiger partial charge in [-0.05, 0) is 39.8 Å². The van der Waals surface area contributed by atoms with E-state index in [-0.39, 0.29) is 18.1 Å². The first-order valence-electron chi connectivity index (χ1n) is 7.68. The lowest BCUT2D eigenvalue weighted by Crippen LogP contribution is -2.53. The average molecular weight is 307 g/mol. The van der Waals surface area contributed by atoms with Gasteiger partial charge in [0.05, 0.1) is 19.3 Å². The molecule has 1 aliphatic rings. The summed E-state index contributed by atoms with van der Waals surface area (Å²) < 4.78 is 16.8. The minimum atomic E-state index is -0.964. The number of ether oxygens (including phenoxy) is 3. The summed E-state index contributed by atoms with van der Waals surface area (Å²) >= 11 is 0. The molecule has 0 bridgehead atoms. The Kier molecular flexibility index (Phi) is 5.42. The van der Waals surface area contributed by atoms with Crippen LogP contribution in [0.4, 0.5) is 0 Å². The van der Waals surface area contributed by atoms with Crippen molar-refractivity contribution in [3.63, 3.8) is 0 Å². The highest BCUT2D eigenvalue weighted by molar-refractivity contribution is 5.85. The summed E-state index contributed by atoms with van der Waals surface area (Å²) in [4.78, 5) is 12.5. The molecule has 2 atom stereocenters.